The van der Waals surface area contributed by atoms with Crippen molar-refractivity contribution in [2.75, 3.05) is 24.9 Å². The lowest BCUT2D eigenvalue weighted by molar-refractivity contribution is -0.115. The summed E-state index contributed by atoms with van der Waals surface area (Å²) >= 11 is 2.68. The molecule has 158 valence electrons. The van der Waals surface area contributed by atoms with Crippen molar-refractivity contribution in [1.82, 2.24) is 9.97 Å². The van der Waals surface area contributed by atoms with Crippen molar-refractivity contribution in [2.45, 2.75) is 6.42 Å². The van der Waals surface area contributed by atoms with E-state index in [1.165, 1.54) is 22.7 Å². The Hall–Kier alpha value is -3.50. The molecular weight excluding hydrogens is 436 g/mol. The Morgan fingerprint density at radius 2 is 1.87 bits per heavy atom. The number of hydrogen-bond acceptors (Lipinski definition) is 8. The van der Waals surface area contributed by atoms with Crippen LogP contribution in [0.3, 0.4) is 0 Å². The molecule has 0 radical (unpaired) electrons. The van der Waals surface area contributed by atoms with Gasteiger partial charge in [0.15, 0.2) is 16.6 Å². The molecule has 2 aromatic carbocycles. The Bertz CT molecular complexity index is 1240. The fourth-order valence-corrected chi connectivity index (χ4v) is 4.36. The highest BCUT2D eigenvalue weighted by atomic mass is 32.1. The van der Waals surface area contributed by atoms with Crippen LogP contribution in [0.5, 0.6) is 11.5 Å². The number of carbonyl (C=O) groups is 2. The third-order valence-corrected chi connectivity index (χ3v) is 5.89. The number of rotatable bonds is 7. The van der Waals surface area contributed by atoms with Gasteiger partial charge in [-0.3, -0.25) is 14.9 Å². The molecule has 8 nitrogen and oxygen atoms in total. The summed E-state index contributed by atoms with van der Waals surface area (Å²) in [5.74, 6) is 0.725. The number of thiazole rings is 2. The first kappa shape index (κ1) is 20.8. The summed E-state index contributed by atoms with van der Waals surface area (Å²) in [4.78, 5) is 33.0. The quantitative estimate of drug-likeness (QED) is 0.434. The number of nitrogens with one attached hydrogen (secondary N) is 2. The van der Waals surface area contributed by atoms with Crippen LogP contribution >= 0.6 is 22.7 Å². The van der Waals surface area contributed by atoms with E-state index in [0.29, 0.717) is 28.0 Å². The van der Waals surface area contributed by atoms with Crippen LogP contribution in [0.15, 0.2) is 47.3 Å². The topological polar surface area (TPSA) is 102 Å². The van der Waals surface area contributed by atoms with Crippen LogP contribution in [0.4, 0.5) is 10.8 Å². The van der Waals surface area contributed by atoms with Crippen molar-refractivity contribution >= 4 is 55.5 Å². The molecule has 0 aliphatic rings. The number of carbonyl (C=O) groups excluding carboxylic acids is 2. The van der Waals surface area contributed by atoms with Gasteiger partial charge in [0.25, 0.3) is 5.91 Å². The monoisotopic (exact) mass is 454 g/mol. The number of nitrogens with zero attached hydrogens (tertiary/aromatic N) is 2. The lowest BCUT2D eigenvalue weighted by atomic mass is 10.1. The number of ether oxygens (including phenoxy) is 2. The fraction of sp³-hybridized carbons (Fsp3) is 0.143. The van der Waals surface area contributed by atoms with Gasteiger partial charge >= 0.3 is 0 Å². The highest BCUT2D eigenvalue weighted by Crippen LogP contribution is 2.30. The molecule has 2 aromatic heterocycles. The highest BCUT2D eigenvalue weighted by molar-refractivity contribution is 7.22. The van der Waals surface area contributed by atoms with Gasteiger partial charge in [-0.15, -0.1) is 11.3 Å². The predicted octanol–water partition coefficient (Wildman–Crippen LogP) is 4.20. The number of aromatic nitrogens is 2. The van der Waals surface area contributed by atoms with E-state index in [0.717, 1.165) is 15.8 Å². The van der Waals surface area contributed by atoms with Gasteiger partial charge in [-0.25, -0.2) is 9.97 Å². The number of amides is 2. The second-order valence-electron chi connectivity index (χ2n) is 6.44. The first-order valence-electron chi connectivity index (χ1n) is 9.16. The molecule has 0 saturated heterocycles. The molecule has 0 fully saturated rings. The summed E-state index contributed by atoms with van der Waals surface area (Å²) in [5, 5.41) is 7.79. The summed E-state index contributed by atoms with van der Waals surface area (Å²) in [6.45, 7) is 0. The standard InChI is InChI=1S/C21H18N4O4S2/c1-28-16-6-3-12(7-17(16)29-2)8-19(26)23-13-4-5-14-18(9-13)31-21(24-14)25-20(27)15-10-30-11-22-15/h3-7,9-11H,8H2,1-2H3,(H,23,26)(H,24,25,27). The molecule has 31 heavy (non-hydrogen) atoms. The lowest BCUT2D eigenvalue weighted by Crippen LogP contribution is -2.14. The number of benzene rings is 2. The van der Waals surface area contributed by atoms with Crippen molar-refractivity contribution in [3.63, 3.8) is 0 Å². The van der Waals surface area contributed by atoms with Gasteiger partial charge in [0.05, 0.1) is 36.4 Å². The van der Waals surface area contributed by atoms with Gasteiger partial charge in [0.1, 0.15) is 5.69 Å². The number of anilines is 2. The minimum Gasteiger partial charge on any atom is -0.493 e. The van der Waals surface area contributed by atoms with Gasteiger partial charge in [-0.1, -0.05) is 17.4 Å². The minimum atomic E-state index is -0.302. The van der Waals surface area contributed by atoms with Crippen LogP contribution in [0.25, 0.3) is 10.2 Å². The van der Waals surface area contributed by atoms with E-state index in [-0.39, 0.29) is 18.2 Å². The van der Waals surface area contributed by atoms with E-state index in [9.17, 15) is 9.59 Å². The van der Waals surface area contributed by atoms with E-state index in [1.807, 2.05) is 12.1 Å². The van der Waals surface area contributed by atoms with E-state index in [2.05, 4.69) is 20.6 Å². The molecule has 2 N–H and O–H groups in total. The maximum Gasteiger partial charge on any atom is 0.276 e. The lowest BCUT2D eigenvalue weighted by Gasteiger charge is -2.10. The third kappa shape index (κ3) is 4.81. The van der Waals surface area contributed by atoms with Gasteiger partial charge in [0, 0.05) is 11.1 Å². The van der Waals surface area contributed by atoms with Crippen LogP contribution in [0.2, 0.25) is 0 Å². The van der Waals surface area contributed by atoms with Crippen molar-refractivity contribution in [1.29, 1.82) is 0 Å². The fourth-order valence-electron chi connectivity index (χ4n) is 2.92. The zero-order chi connectivity index (χ0) is 21.8. The average molecular weight is 455 g/mol. The minimum absolute atomic E-state index is 0.159. The molecule has 0 saturated carbocycles. The maximum atomic E-state index is 12.5. The van der Waals surface area contributed by atoms with Crippen LogP contribution in [-0.2, 0) is 11.2 Å². The van der Waals surface area contributed by atoms with Crippen LogP contribution in [0, 0.1) is 0 Å². The molecule has 0 bridgehead atoms. The second-order valence-corrected chi connectivity index (χ2v) is 8.19. The summed E-state index contributed by atoms with van der Waals surface area (Å²) < 4.78 is 11.3. The van der Waals surface area contributed by atoms with E-state index in [4.69, 9.17) is 9.47 Å². The average Bonchev–Trinajstić information content (AvgIpc) is 3.43. The maximum absolute atomic E-state index is 12.5. The van der Waals surface area contributed by atoms with Crippen LogP contribution in [0.1, 0.15) is 16.1 Å². The Kier molecular flexibility index (Phi) is 6.10. The first-order valence-corrected chi connectivity index (χ1v) is 10.9. The molecule has 2 amide bonds. The van der Waals surface area contributed by atoms with Crippen LogP contribution < -0.4 is 20.1 Å². The zero-order valence-electron chi connectivity index (χ0n) is 16.7. The molecule has 10 heteroatoms. The molecule has 4 rings (SSSR count). The number of hydrogen-bond donors (Lipinski definition) is 2. The summed E-state index contributed by atoms with van der Waals surface area (Å²) in [7, 11) is 3.12. The normalized spacial score (nSPS) is 10.6. The summed E-state index contributed by atoms with van der Waals surface area (Å²) in [6, 6.07) is 10.8. The van der Waals surface area contributed by atoms with Gasteiger partial charge in [-0.05, 0) is 35.9 Å². The first-order chi connectivity index (χ1) is 15.1. The Morgan fingerprint density at radius 3 is 2.61 bits per heavy atom. The molecule has 0 spiro atoms. The molecule has 4 aromatic rings. The van der Waals surface area contributed by atoms with Crippen molar-refractivity contribution < 1.29 is 19.1 Å². The Balaban J connectivity index is 1.43. The molecular formula is C21H18N4O4S2. The zero-order valence-corrected chi connectivity index (χ0v) is 18.3. The summed E-state index contributed by atoms with van der Waals surface area (Å²) in [6.07, 6.45) is 0.191. The largest absolute Gasteiger partial charge is 0.493 e. The highest BCUT2D eigenvalue weighted by Gasteiger charge is 2.13. The molecule has 2 heterocycles. The van der Waals surface area contributed by atoms with Gasteiger partial charge in [0.2, 0.25) is 5.91 Å². The van der Waals surface area contributed by atoms with Crippen LogP contribution in [-0.4, -0.2) is 36.0 Å². The van der Waals surface area contributed by atoms with Crippen molar-refractivity contribution in [3.05, 3.63) is 58.5 Å². The summed E-state index contributed by atoms with van der Waals surface area (Å²) in [5.41, 5.74) is 4.15. The van der Waals surface area contributed by atoms with Gasteiger partial charge < -0.3 is 14.8 Å². The molecule has 0 aliphatic heterocycles. The van der Waals surface area contributed by atoms with Gasteiger partial charge in [-0.2, -0.15) is 0 Å². The Labute approximate surface area is 185 Å². The number of fused-ring (bicyclic) bond motifs is 1. The SMILES string of the molecule is COc1ccc(CC(=O)Nc2ccc3nc(NC(=O)c4cscn4)sc3c2)cc1OC. The second kappa shape index (κ2) is 9.11. The van der Waals surface area contributed by atoms with E-state index < -0.39 is 0 Å². The molecule has 0 atom stereocenters. The Morgan fingerprint density at radius 1 is 1.03 bits per heavy atom. The third-order valence-electron chi connectivity index (χ3n) is 4.37. The van der Waals surface area contributed by atoms with E-state index in [1.54, 1.807) is 49.4 Å². The van der Waals surface area contributed by atoms with Crippen molar-refractivity contribution in [2.24, 2.45) is 0 Å². The smallest absolute Gasteiger partial charge is 0.276 e. The number of methoxy groups -OCH3 is 2. The van der Waals surface area contributed by atoms with Crippen molar-refractivity contribution in [3.8, 4) is 11.5 Å². The molecule has 0 unspecified atom stereocenters. The predicted molar refractivity (Wildman–Crippen MR) is 122 cm³/mol. The molecule has 0 aliphatic carbocycles. The van der Waals surface area contributed by atoms with E-state index >= 15 is 0 Å².